The number of rotatable bonds is 12. The first kappa shape index (κ1) is 29.5. The molecule has 0 spiro atoms. The number of nitrogens with zero attached hydrogens (tertiary/aromatic N) is 3. The number of hydrogen-bond donors (Lipinski definition) is 2. The third kappa shape index (κ3) is 8.42. The quantitative estimate of drug-likeness (QED) is 0.212. The van der Waals surface area contributed by atoms with Crippen molar-refractivity contribution in [1.82, 2.24) is 9.57 Å². The molecule has 2 aliphatic heterocycles. The predicted molar refractivity (Wildman–Crippen MR) is 134 cm³/mol. The predicted octanol–water partition coefficient (Wildman–Crippen LogP) is 1.64. The van der Waals surface area contributed by atoms with Crippen LogP contribution in [0.2, 0.25) is 0 Å². The second-order valence-electron chi connectivity index (χ2n) is 8.57. The summed E-state index contributed by atoms with van der Waals surface area (Å²) in [7, 11) is -0.578. The smallest absolute Gasteiger partial charge is 0.407 e. The fourth-order valence-electron chi connectivity index (χ4n) is 3.17. The summed E-state index contributed by atoms with van der Waals surface area (Å²) in [6.45, 7) is 8.83. The molecule has 12 nitrogen and oxygen atoms in total. The number of carbonyl (C=O) groups is 2. The second kappa shape index (κ2) is 13.0. The van der Waals surface area contributed by atoms with Crippen LogP contribution in [0.25, 0.3) is 0 Å². The highest BCUT2D eigenvalue weighted by Crippen LogP contribution is 2.50. The summed E-state index contributed by atoms with van der Waals surface area (Å²) in [5.41, 5.74) is 11.7. The van der Waals surface area contributed by atoms with Gasteiger partial charge in [0.1, 0.15) is 36.1 Å². The third-order valence-electron chi connectivity index (χ3n) is 5.25. The molecule has 0 saturated carbocycles. The van der Waals surface area contributed by atoms with E-state index >= 15 is 0 Å². The van der Waals surface area contributed by atoms with Crippen molar-refractivity contribution in [2.45, 2.75) is 51.7 Å². The topological polar surface area (TPSA) is 159 Å². The van der Waals surface area contributed by atoms with Crippen LogP contribution in [0.5, 0.6) is 0 Å². The Kier molecular flexibility index (Phi) is 11.0. The molecule has 0 aromatic carbocycles. The summed E-state index contributed by atoms with van der Waals surface area (Å²) in [6.07, 6.45) is 1.47. The zero-order valence-corrected chi connectivity index (χ0v) is 22.5. The summed E-state index contributed by atoms with van der Waals surface area (Å²) < 4.78 is 37.6. The maximum absolute atomic E-state index is 13.2. The van der Waals surface area contributed by atoms with Crippen molar-refractivity contribution in [3.63, 3.8) is 0 Å². The summed E-state index contributed by atoms with van der Waals surface area (Å²) in [6, 6.07) is -0.806. The number of amidine groups is 1. The molecule has 2 aliphatic rings. The lowest BCUT2D eigenvalue weighted by Crippen LogP contribution is -2.41. The third-order valence-corrected chi connectivity index (χ3v) is 7.99. The van der Waals surface area contributed by atoms with Gasteiger partial charge in [0.2, 0.25) is 0 Å². The molecule has 5 atom stereocenters. The monoisotopic (exact) mass is 533 g/mol. The van der Waals surface area contributed by atoms with Gasteiger partial charge in [0, 0.05) is 25.3 Å². The Morgan fingerprint density at radius 1 is 1.40 bits per heavy atom. The minimum absolute atomic E-state index is 0.0489. The van der Waals surface area contributed by atoms with E-state index in [4.69, 9.17) is 30.0 Å². The van der Waals surface area contributed by atoms with Crippen molar-refractivity contribution < 1.29 is 32.7 Å². The van der Waals surface area contributed by atoms with E-state index in [-0.39, 0.29) is 30.7 Å². The number of thioether (sulfide) groups is 1. The van der Waals surface area contributed by atoms with Crippen molar-refractivity contribution in [3.05, 3.63) is 24.7 Å². The maximum Gasteiger partial charge on any atom is 0.407 e. The van der Waals surface area contributed by atoms with Gasteiger partial charge in [0.25, 0.3) is 0 Å². The number of carbonyl (C=O) groups excluding carboxylic acids is 2. The van der Waals surface area contributed by atoms with Crippen molar-refractivity contribution in [1.29, 1.82) is 0 Å². The van der Waals surface area contributed by atoms with E-state index in [0.717, 1.165) is 11.8 Å². The van der Waals surface area contributed by atoms with Crippen LogP contribution in [0, 0.1) is 5.92 Å². The van der Waals surface area contributed by atoms with Crippen LogP contribution in [0.1, 0.15) is 27.2 Å². The SMILES string of the molecule is C=C1N=C(N)C=CN1[C@H]1CC(OC(=O)C(N)C(C)C)[C@@H](COP(=O)(OCCSC(C)=O)N(C)C)O1. The molecule has 4 N–H and O–H groups in total. The Labute approximate surface area is 210 Å². The lowest BCUT2D eigenvalue weighted by molar-refractivity contribution is -0.155. The average Bonchev–Trinajstić information content (AvgIpc) is 3.16. The fraction of sp³-hybridized carbons (Fsp3) is 0.667. The normalized spacial score (nSPS) is 25.0. The summed E-state index contributed by atoms with van der Waals surface area (Å²) >= 11 is 1.06. The molecule has 0 radical (unpaired) electrons. The Balaban J connectivity index is 2.12. The highest BCUT2D eigenvalue weighted by atomic mass is 32.2. The van der Waals surface area contributed by atoms with E-state index < -0.39 is 38.2 Å². The molecule has 2 heterocycles. The molecule has 0 aromatic rings. The van der Waals surface area contributed by atoms with E-state index in [1.807, 2.05) is 13.8 Å². The van der Waals surface area contributed by atoms with E-state index in [9.17, 15) is 14.2 Å². The molecule has 0 aliphatic carbocycles. The van der Waals surface area contributed by atoms with Crippen LogP contribution in [0.3, 0.4) is 0 Å². The number of aliphatic imine (C=N–C) groups is 1. The summed E-state index contributed by atoms with van der Waals surface area (Å²) in [5.74, 6) is 0.321. The van der Waals surface area contributed by atoms with Gasteiger partial charge in [-0.1, -0.05) is 32.2 Å². The lowest BCUT2D eigenvalue weighted by atomic mass is 10.1. The van der Waals surface area contributed by atoms with Gasteiger partial charge in [-0.3, -0.25) is 18.6 Å². The van der Waals surface area contributed by atoms with Gasteiger partial charge in [-0.2, -0.15) is 0 Å². The largest absolute Gasteiger partial charge is 0.458 e. The molecule has 0 bridgehead atoms. The van der Waals surface area contributed by atoms with Crippen molar-refractivity contribution >= 4 is 36.4 Å². The number of esters is 1. The highest BCUT2D eigenvalue weighted by molar-refractivity contribution is 8.13. The first-order valence-corrected chi connectivity index (χ1v) is 13.6. The Bertz CT molecular complexity index is 897. The number of nitrogens with two attached hydrogens (primary N) is 2. The minimum atomic E-state index is -3.69. The minimum Gasteiger partial charge on any atom is -0.458 e. The van der Waals surface area contributed by atoms with E-state index in [0.29, 0.717) is 17.4 Å². The molecular formula is C21H36N5O7PS. The molecule has 0 amide bonds. The molecule has 14 heteroatoms. The molecule has 35 heavy (non-hydrogen) atoms. The molecule has 1 saturated heterocycles. The van der Waals surface area contributed by atoms with Crippen LogP contribution in [0.15, 0.2) is 29.7 Å². The summed E-state index contributed by atoms with van der Waals surface area (Å²) in [4.78, 5) is 29.5. The zero-order valence-electron chi connectivity index (χ0n) is 20.8. The van der Waals surface area contributed by atoms with E-state index in [1.54, 1.807) is 31.3 Å². The molecule has 1 fully saturated rings. The maximum atomic E-state index is 13.2. The first-order chi connectivity index (χ1) is 16.3. The van der Waals surface area contributed by atoms with E-state index in [2.05, 4.69) is 11.6 Å². The Morgan fingerprint density at radius 3 is 2.66 bits per heavy atom. The second-order valence-corrected chi connectivity index (χ2v) is 12.1. The molecular weight excluding hydrogens is 497 g/mol. The molecule has 198 valence electrons. The first-order valence-electron chi connectivity index (χ1n) is 11.2. The van der Waals surface area contributed by atoms with Gasteiger partial charge in [-0.05, 0) is 26.1 Å². The molecule has 3 unspecified atom stereocenters. The molecule has 2 rings (SSSR count). The van der Waals surface area contributed by atoms with Crippen LogP contribution >= 0.6 is 19.5 Å². The van der Waals surface area contributed by atoms with Crippen LogP contribution < -0.4 is 11.5 Å². The number of ether oxygens (including phenoxy) is 2. The summed E-state index contributed by atoms with van der Waals surface area (Å²) in [5, 5.41) is -0.0664. The number of hydrogen-bond acceptors (Lipinski definition) is 12. The average molecular weight is 534 g/mol. The van der Waals surface area contributed by atoms with Gasteiger partial charge in [-0.25, -0.2) is 14.2 Å². The van der Waals surface area contributed by atoms with Gasteiger partial charge >= 0.3 is 13.7 Å². The van der Waals surface area contributed by atoms with Crippen molar-refractivity contribution in [3.8, 4) is 0 Å². The fourth-order valence-corrected chi connectivity index (χ4v) is 4.94. The van der Waals surface area contributed by atoms with Gasteiger partial charge in [-0.15, -0.1) is 0 Å². The van der Waals surface area contributed by atoms with Crippen LogP contribution in [0.4, 0.5) is 0 Å². The Morgan fingerprint density at radius 2 is 2.09 bits per heavy atom. The Hall–Kier alpha value is -1.73. The lowest BCUT2D eigenvalue weighted by Gasteiger charge is -2.29. The van der Waals surface area contributed by atoms with Gasteiger partial charge in [0.15, 0.2) is 5.12 Å². The standard InChI is InChI=1S/C21H36N5O7PS/c1-13(2)20(23)21(28)33-16-11-19(26-8-7-18(22)24-14(26)3)32-17(16)12-31-34(29,25(5)6)30-9-10-35-15(4)27/h7-8,13,16-17,19-20H,3,9-12,23H2,1-2,4-6H3,(H2,22,24)/t16?,17-,19-,20?,34?/m1/s1. The van der Waals surface area contributed by atoms with Crippen LogP contribution in [-0.4, -0.2) is 84.0 Å². The highest BCUT2D eigenvalue weighted by Gasteiger charge is 2.43. The van der Waals surface area contributed by atoms with Crippen molar-refractivity contribution in [2.75, 3.05) is 33.1 Å². The molecule has 0 aromatic heterocycles. The van der Waals surface area contributed by atoms with Crippen molar-refractivity contribution in [2.24, 2.45) is 22.4 Å². The van der Waals surface area contributed by atoms with E-state index in [1.165, 1.54) is 11.6 Å². The zero-order chi connectivity index (χ0) is 26.3. The van der Waals surface area contributed by atoms with Crippen LogP contribution in [-0.2, 0) is 32.7 Å². The van der Waals surface area contributed by atoms with Gasteiger partial charge in [0.05, 0.1) is 13.2 Å². The van der Waals surface area contributed by atoms with Gasteiger partial charge < -0.3 is 25.8 Å².